The summed E-state index contributed by atoms with van der Waals surface area (Å²) in [6, 6.07) is 5.02. The van der Waals surface area contributed by atoms with E-state index in [4.69, 9.17) is 11.6 Å². The van der Waals surface area contributed by atoms with Crippen LogP contribution in [0.25, 0.3) is 0 Å². The zero-order valence-corrected chi connectivity index (χ0v) is 13.6. The SMILES string of the molecule is CCCC(CCC)C(Cc1cc(F)ccc1Cl)NCC. The summed E-state index contributed by atoms with van der Waals surface area (Å²) in [4.78, 5) is 0. The quantitative estimate of drug-likeness (QED) is 0.659. The fraction of sp³-hybridized carbons (Fsp3) is 0.647. The molecule has 1 N–H and O–H groups in total. The third kappa shape index (κ3) is 5.41. The van der Waals surface area contributed by atoms with Crippen molar-refractivity contribution >= 4 is 11.6 Å². The highest BCUT2D eigenvalue weighted by atomic mass is 35.5. The first-order valence-electron chi connectivity index (χ1n) is 7.79. The summed E-state index contributed by atoms with van der Waals surface area (Å²) in [5.41, 5.74) is 0.912. The predicted octanol–water partition coefficient (Wildman–Crippen LogP) is 5.22. The summed E-state index contributed by atoms with van der Waals surface area (Å²) >= 11 is 6.20. The summed E-state index contributed by atoms with van der Waals surface area (Å²) in [6.45, 7) is 7.50. The Kier molecular flexibility index (Phi) is 8.16. The minimum atomic E-state index is -0.206. The minimum Gasteiger partial charge on any atom is -0.314 e. The molecule has 114 valence electrons. The molecular formula is C17H27ClFN. The van der Waals surface area contributed by atoms with Gasteiger partial charge in [-0.15, -0.1) is 0 Å². The molecule has 0 fully saturated rings. The Morgan fingerprint density at radius 1 is 1.15 bits per heavy atom. The van der Waals surface area contributed by atoms with Crippen LogP contribution in [0.5, 0.6) is 0 Å². The van der Waals surface area contributed by atoms with Crippen molar-refractivity contribution in [3.8, 4) is 0 Å². The molecule has 0 aliphatic heterocycles. The lowest BCUT2D eigenvalue weighted by molar-refractivity contribution is 0.312. The smallest absolute Gasteiger partial charge is 0.123 e. The lowest BCUT2D eigenvalue weighted by Gasteiger charge is -2.28. The fourth-order valence-corrected chi connectivity index (χ4v) is 3.09. The molecule has 0 aromatic heterocycles. The van der Waals surface area contributed by atoms with Crippen LogP contribution in [-0.2, 0) is 6.42 Å². The number of halogens is 2. The molecule has 20 heavy (non-hydrogen) atoms. The van der Waals surface area contributed by atoms with Crippen LogP contribution >= 0.6 is 11.6 Å². The minimum absolute atomic E-state index is 0.206. The van der Waals surface area contributed by atoms with E-state index in [-0.39, 0.29) is 5.82 Å². The second kappa shape index (κ2) is 9.36. The number of rotatable bonds is 9. The van der Waals surface area contributed by atoms with Gasteiger partial charge in [0.15, 0.2) is 0 Å². The van der Waals surface area contributed by atoms with Crippen LogP contribution in [0.15, 0.2) is 18.2 Å². The molecule has 0 bridgehead atoms. The van der Waals surface area contributed by atoms with Crippen LogP contribution in [0.1, 0.15) is 52.0 Å². The highest BCUT2D eigenvalue weighted by Crippen LogP contribution is 2.25. The van der Waals surface area contributed by atoms with E-state index in [0.717, 1.165) is 18.5 Å². The van der Waals surface area contributed by atoms with Crippen LogP contribution in [-0.4, -0.2) is 12.6 Å². The number of hydrogen-bond acceptors (Lipinski definition) is 1. The van der Waals surface area contributed by atoms with E-state index >= 15 is 0 Å². The largest absolute Gasteiger partial charge is 0.314 e. The standard InChI is InChI=1S/C17H27ClFN/c1-4-7-13(8-5-2)17(20-6-3)12-14-11-15(19)9-10-16(14)18/h9-11,13,17,20H,4-8,12H2,1-3H3. The van der Waals surface area contributed by atoms with E-state index in [2.05, 4.69) is 26.1 Å². The first-order chi connectivity index (χ1) is 9.62. The van der Waals surface area contributed by atoms with Gasteiger partial charge in [0.1, 0.15) is 5.82 Å². The Morgan fingerprint density at radius 2 is 1.80 bits per heavy atom. The second-order valence-electron chi connectivity index (χ2n) is 5.44. The van der Waals surface area contributed by atoms with Gasteiger partial charge in [0, 0.05) is 11.1 Å². The van der Waals surface area contributed by atoms with Gasteiger partial charge in [-0.1, -0.05) is 45.2 Å². The monoisotopic (exact) mass is 299 g/mol. The van der Waals surface area contributed by atoms with E-state index in [1.807, 2.05) is 0 Å². The first kappa shape index (κ1) is 17.5. The van der Waals surface area contributed by atoms with Crippen molar-refractivity contribution in [1.29, 1.82) is 0 Å². The van der Waals surface area contributed by atoms with Crippen molar-refractivity contribution in [1.82, 2.24) is 5.32 Å². The average molecular weight is 300 g/mol. The summed E-state index contributed by atoms with van der Waals surface area (Å²) in [7, 11) is 0. The van der Waals surface area contributed by atoms with Crippen LogP contribution < -0.4 is 5.32 Å². The van der Waals surface area contributed by atoms with Crippen LogP contribution in [0.4, 0.5) is 4.39 Å². The first-order valence-corrected chi connectivity index (χ1v) is 8.17. The van der Waals surface area contributed by atoms with Gasteiger partial charge in [0.05, 0.1) is 0 Å². The molecule has 1 unspecified atom stereocenters. The maximum absolute atomic E-state index is 13.4. The molecule has 1 rings (SSSR count). The van der Waals surface area contributed by atoms with Gasteiger partial charge in [-0.3, -0.25) is 0 Å². The highest BCUT2D eigenvalue weighted by Gasteiger charge is 2.20. The van der Waals surface area contributed by atoms with Gasteiger partial charge in [-0.25, -0.2) is 4.39 Å². The van der Waals surface area contributed by atoms with E-state index in [1.165, 1.54) is 31.7 Å². The summed E-state index contributed by atoms with van der Waals surface area (Å²) in [6.07, 6.45) is 5.58. The van der Waals surface area contributed by atoms with Crippen molar-refractivity contribution < 1.29 is 4.39 Å². The maximum atomic E-state index is 13.4. The topological polar surface area (TPSA) is 12.0 Å². The summed E-state index contributed by atoms with van der Waals surface area (Å²) in [5.74, 6) is 0.423. The number of nitrogens with one attached hydrogen (secondary N) is 1. The van der Waals surface area contributed by atoms with E-state index < -0.39 is 0 Å². The molecule has 0 saturated carbocycles. The van der Waals surface area contributed by atoms with Crippen molar-refractivity contribution in [2.45, 2.75) is 58.9 Å². The van der Waals surface area contributed by atoms with E-state index in [9.17, 15) is 4.39 Å². The van der Waals surface area contributed by atoms with E-state index in [0.29, 0.717) is 17.0 Å². The Bertz CT molecular complexity index is 389. The number of likely N-dealkylation sites (N-methyl/N-ethyl adjacent to an activating group) is 1. The second-order valence-corrected chi connectivity index (χ2v) is 5.85. The van der Waals surface area contributed by atoms with Gasteiger partial charge in [-0.2, -0.15) is 0 Å². The molecule has 0 heterocycles. The Balaban J connectivity index is 2.86. The van der Waals surface area contributed by atoms with Crippen molar-refractivity contribution in [3.05, 3.63) is 34.6 Å². The van der Waals surface area contributed by atoms with Crippen LogP contribution in [0.2, 0.25) is 5.02 Å². The molecule has 1 aromatic carbocycles. The maximum Gasteiger partial charge on any atom is 0.123 e. The summed E-state index contributed by atoms with van der Waals surface area (Å²) in [5, 5.41) is 4.23. The van der Waals surface area contributed by atoms with Gasteiger partial charge >= 0.3 is 0 Å². The van der Waals surface area contributed by atoms with Gasteiger partial charge in [0.25, 0.3) is 0 Å². The van der Waals surface area contributed by atoms with Gasteiger partial charge < -0.3 is 5.32 Å². The molecule has 0 amide bonds. The molecule has 0 spiro atoms. The van der Waals surface area contributed by atoms with Gasteiger partial charge in [0.2, 0.25) is 0 Å². The molecule has 1 atom stereocenters. The third-order valence-corrected chi connectivity index (χ3v) is 4.17. The van der Waals surface area contributed by atoms with Crippen LogP contribution in [0.3, 0.4) is 0 Å². The number of hydrogen-bond donors (Lipinski definition) is 1. The molecule has 1 nitrogen and oxygen atoms in total. The molecule has 1 aromatic rings. The van der Waals surface area contributed by atoms with Gasteiger partial charge in [-0.05, 0) is 55.5 Å². The number of benzene rings is 1. The highest BCUT2D eigenvalue weighted by molar-refractivity contribution is 6.31. The molecular weight excluding hydrogens is 273 g/mol. The summed E-state index contributed by atoms with van der Waals surface area (Å²) < 4.78 is 13.4. The fourth-order valence-electron chi connectivity index (χ4n) is 2.89. The average Bonchev–Trinajstić information content (AvgIpc) is 2.42. The van der Waals surface area contributed by atoms with Crippen molar-refractivity contribution in [2.24, 2.45) is 5.92 Å². The lowest BCUT2D eigenvalue weighted by atomic mass is 9.86. The van der Waals surface area contributed by atoms with Crippen molar-refractivity contribution in [2.75, 3.05) is 6.54 Å². The molecule has 0 radical (unpaired) electrons. The van der Waals surface area contributed by atoms with Crippen LogP contribution in [0, 0.1) is 11.7 Å². The zero-order chi connectivity index (χ0) is 15.0. The molecule has 0 saturated heterocycles. The third-order valence-electron chi connectivity index (χ3n) is 3.80. The Hall–Kier alpha value is -0.600. The molecule has 0 aliphatic carbocycles. The normalized spacial score (nSPS) is 12.9. The predicted molar refractivity (Wildman–Crippen MR) is 85.9 cm³/mol. The van der Waals surface area contributed by atoms with Crippen molar-refractivity contribution in [3.63, 3.8) is 0 Å². The zero-order valence-electron chi connectivity index (χ0n) is 12.9. The van der Waals surface area contributed by atoms with E-state index in [1.54, 1.807) is 12.1 Å². The Morgan fingerprint density at radius 3 is 2.35 bits per heavy atom. The molecule has 0 aliphatic rings. The lowest BCUT2D eigenvalue weighted by Crippen LogP contribution is -2.38. The Labute approximate surface area is 127 Å². The molecule has 3 heteroatoms.